The molecule has 0 saturated carbocycles. The predicted octanol–water partition coefficient (Wildman–Crippen LogP) is 1.64. The van der Waals surface area contributed by atoms with Gasteiger partial charge in [-0.05, 0) is 25.0 Å². The summed E-state index contributed by atoms with van der Waals surface area (Å²) in [5.74, 6) is 0.814. The second-order valence-electron chi connectivity index (χ2n) is 5.80. The fraction of sp³-hybridized carbons (Fsp3) is 0.438. The molecule has 0 bridgehead atoms. The summed E-state index contributed by atoms with van der Waals surface area (Å²) in [6.07, 6.45) is 0.465. The normalized spacial score (nSPS) is 20.7. The van der Waals surface area contributed by atoms with E-state index < -0.39 is 6.10 Å². The number of aryl methyl sites for hydroxylation is 1. The van der Waals surface area contributed by atoms with E-state index >= 15 is 0 Å². The Kier molecular flexibility index (Phi) is 3.74. The van der Waals surface area contributed by atoms with Crippen LogP contribution in [0.3, 0.4) is 0 Å². The molecule has 0 aliphatic carbocycles. The fourth-order valence-electron chi connectivity index (χ4n) is 3.13. The van der Waals surface area contributed by atoms with Crippen LogP contribution in [0.2, 0.25) is 0 Å². The summed E-state index contributed by atoms with van der Waals surface area (Å²) in [5.41, 5.74) is 2.25. The molecule has 0 spiro atoms. The second-order valence-corrected chi connectivity index (χ2v) is 6.53. The van der Waals surface area contributed by atoms with Crippen LogP contribution in [0.1, 0.15) is 11.4 Å². The number of benzene rings is 1. The van der Waals surface area contributed by atoms with Crippen molar-refractivity contribution in [3.05, 3.63) is 35.7 Å². The number of amides is 1. The summed E-state index contributed by atoms with van der Waals surface area (Å²) in [6, 6.07) is 8.08. The van der Waals surface area contributed by atoms with Crippen LogP contribution in [-0.4, -0.2) is 47.6 Å². The average molecular weight is 330 g/mol. The number of carbonyl (C=O) groups is 1. The van der Waals surface area contributed by atoms with E-state index in [1.165, 1.54) is 17.1 Å². The van der Waals surface area contributed by atoms with Gasteiger partial charge >= 0.3 is 0 Å². The zero-order valence-electron chi connectivity index (χ0n) is 12.9. The Balaban J connectivity index is 1.51. The van der Waals surface area contributed by atoms with Gasteiger partial charge in [-0.1, -0.05) is 18.2 Å². The lowest BCUT2D eigenvalue weighted by molar-refractivity contribution is -0.130. The summed E-state index contributed by atoms with van der Waals surface area (Å²) in [7, 11) is 0. The molecule has 2 aliphatic rings. The Bertz CT molecular complexity index is 732. The molecule has 1 amide bonds. The van der Waals surface area contributed by atoms with Crippen molar-refractivity contribution in [3.8, 4) is 0 Å². The molecule has 120 valence electrons. The first kappa shape index (κ1) is 14.6. The van der Waals surface area contributed by atoms with Gasteiger partial charge in [-0.3, -0.25) is 4.79 Å². The first-order valence-corrected chi connectivity index (χ1v) is 8.56. The average Bonchev–Trinajstić information content (AvgIpc) is 3.20. The summed E-state index contributed by atoms with van der Waals surface area (Å²) in [6.45, 7) is 4.42. The number of fused-ring (bicyclic) bond motifs is 1. The van der Waals surface area contributed by atoms with Gasteiger partial charge in [0.2, 0.25) is 5.13 Å². The van der Waals surface area contributed by atoms with Crippen molar-refractivity contribution in [2.24, 2.45) is 0 Å². The van der Waals surface area contributed by atoms with E-state index in [0.29, 0.717) is 13.2 Å². The van der Waals surface area contributed by atoms with Crippen LogP contribution in [0.15, 0.2) is 24.3 Å². The number of nitrogens with zero attached hydrogens (tertiary/aromatic N) is 4. The van der Waals surface area contributed by atoms with E-state index in [1.54, 1.807) is 0 Å². The molecule has 0 N–H and O–H groups in total. The molecule has 1 unspecified atom stereocenters. The zero-order chi connectivity index (χ0) is 15.8. The van der Waals surface area contributed by atoms with Gasteiger partial charge in [-0.15, -0.1) is 0 Å². The maximum atomic E-state index is 12.9. The molecule has 6 nitrogen and oxygen atoms in total. The summed E-state index contributed by atoms with van der Waals surface area (Å²) in [4.78, 5) is 21.3. The molecule has 2 aliphatic heterocycles. The van der Waals surface area contributed by atoms with Gasteiger partial charge in [0.15, 0.2) is 6.10 Å². The Morgan fingerprint density at radius 2 is 2.22 bits per heavy atom. The maximum absolute atomic E-state index is 12.9. The lowest BCUT2D eigenvalue weighted by Crippen LogP contribution is -2.51. The van der Waals surface area contributed by atoms with Crippen molar-refractivity contribution in [2.45, 2.75) is 19.4 Å². The number of morpholine rings is 1. The molecule has 1 aromatic carbocycles. The number of aromatic nitrogens is 2. The highest BCUT2D eigenvalue weighted by molar-refractivity contribution is 7.09. The topological polar surface area (TPSA) is 58.6 Å². The summed E-state index contributed by atoms with van der Waals surface area (Å²) >= 11 is 1.37. The third-order valence-electron chi connectivity index (χ3n) is 4.28. The molecule has 1 atom stereocenters. The number of ether oxygens (including phenoxy) is 1. The van der Waals surface area contributed by atoms with Crippen LogP contribution in [0.4, 0.5) is 10.8 Å². The van der Waals surface area contributed by atoms with E-state index in [0.717, 1.165) is 36.2 Å². The standard InChI is InChI=1S/C16H18N4O2S/c1-11-17-16(23-18-11)19-8-9-22-14(10-19)15(21)20-7-6-12-4-2-3-5-13(12)20/h2-5,14H,6-10H2,1H3. The van der Waals surface area contributed by atoms with Crippen molar-refractivity contribution >= 4 is 28.3 Å². The van der Waals surface area contributed by atoms with Crippen LogP contribution in [0, 0.1) is 6.92 Å². The van der Waals surface area contributed by atoms with Crippen molar-refractivity contribution < 1.29 is 9.53 Å². The van der Waals surface area contributed by atoms with E-state index in [-0.39, 0.29) is 5.91 Å². The number of rotatable bonds is 2. The lowest BCUT2D eigenvalue weighted by atomic mass is 10.2. The smallest absolute Gasteiger partial charge is 0.257 e. The minimum atomic E-state index is -0.445. The van der Waals surface area contributed by atoms with Gasteiger partial charge in [0.05, 0.1) is 13.2 Å². The number of anilines is 2. The van der Waals surface area contributed by atoms with Gasteiger partial charge in [0.25, 0.3) is 5.91 Å². The molecule has 1 saturated heterocycles. The molecular weight excluding hydrogens is 312 g/mol. The predicted molar refractivity (Wildman–Crippen MR) is 89.1 cm³/mol. The van der Waals surface area contributed by atoms with Crippen molar-refractivity contribution in [1.82, 2.24) is 9.36 Å². The number of hydrogen-bond donors (Lipinski definition) is 0. The van der Waals surface area contributed by atoms with Gasteiger partial charge in [0.1, 0.15) is 5.82 Å². The number of para-hydroxylation sites is 1. The van der Waals surface area contributed by atoms with Crippen LogP contribution < -0.4 is 9.80 Å². The van der Waals surface area contributed by atoms with Crippen molar-refractivity contribution in [2.75, 3.05) is 36.0 Å². The van der Waals surface area contributed by atoms with Gasteiger partial charge in [0, 0.05) is 30.3 Å². The molecular formula is C16H18N4O2S. The largest absolute Gasteiger partial charge is 0.365 e. The van der Waals surface area contributed by atoms with Gasteiger partial charge in [-0.25, -0.2) is 4.98 Å². The zero-order valence-corrected chi connectivity index (χ0v) is 13.8. The monoisotopic (exact) mass is 330 g/mol. The maximum Gasteiger partial charge on any atom is 0.257 e. The van der Waals surface area contributed by atoms with Crippen molar-refractivity contribution in [1.29, 1.82) is 0 Å². The van der Waals surface area contributed by atoms with E-state index in [1.807, 2.05) is 30.0 Å². The van der Waals surface area contributed by atoms with E-state index in [9.17, 15) is 4.79 Å². The molecule has 4 rings (SSSR count). The van der Waals surface area contributed by atoms with E-state index in [4.69, 9.17) is 4.74 Å². The number of hydrogen-bond acceptors (Lipinski definition) is 6. The van der Waals surface area contributed by atoms with Gasteiger partial charge in [-0.2, -0.15) is 4.37 Å². The Morgan fingerprint density at radius 1 is 1.35 bits per heavy atom. The Hall–Kier alpha value is -1.99. The lowest BCUT2D eigenvalue weighted by Gasteiger charge is -2.33. The van der Waals surface area contributed by atoms with Crippen LogP contribution in [0.25, 0.3) is 0 Å². The second kappa shape index (κ2) is 5.90. The Labute approximate surface area is 138 Å². The minimum Gasteiger partial charge on any atom is -0.365 e. The highest BCUT2D eigenvalue weighted by Gasteiger charge is 2.34. The Morgan fingerprint density at radius 3 is 3.04 bits per heavy atom. The van der Waals surface area contributed by atoms with Crippen LogP contribution >= 0.6 is 11.5 Å². The SMILES string of the molecule is Cc1nsc(N2CCOC(C(=O)N3CCc4ccccc43)C2)n1. The van der Waals surface area contributed by atoms with Crippen LogP contribution in [0.5, 0.6) is 0 Å². The molecule has 2 aromatic rings. The first-order valence-electron chi connectivity index (χ1n) is 7.78. The number of carbonyl (C=O) groups excluding carboxylic acids is 1. The van der Waals surface area contributed by atoms with Gasteiger partial charge < -0.3 is 14.5 Å². The molecule has 23 heavy (non-hydrogen) atoms. The third-order valence-corrected chi connectivity index (χ3v) is 5.15. The molecule has 1 fully saturated rings. The summed E-state index contributed by atoms with van der Waals surface area (Å²) < 4.78 is 9.97. The summed E-state index contributed by atoms with van der Waals surface area (Å²) in [5, 5.41) is 0.866. The fourth-order valence-corrected chi connectivity index (χ4v) is 3.84. The quantitative estimate of drug-likeness (QED) is 0.838. The first-order chi connectivity index (χ1) is 11.2. The molecule has 3 heterocycles. The molecule has 1 aromatic heterocycles. The highest BCUT2D eigenvalue weighted by atomic mass is 32.1. The van der Waals surface area contributed by atoms with E-state index in [2.05, 4.69) is 20.3 Å². The van der Waals surface area contributed by atoms with Crippen LogP contribution in [-0.2, 0) is 16.0 Å². The van der Waals surface area contributed by atoms with Crippen molar-refractivity contribution in [3.63, 3.8) is 0 Å². The molecule has 7 heteroatoms. The molecule has 0 radical (unpaired) electrons. The highest BCUT2D eigenvalue weighted by Crippen LogP contribution is 2.29. The minimum absolute atomic E-state index is 0.0425. The third kappa shape index (κ3) is 2.70.